The first-order chi connectivity index (χ1) is 8.04. The number of carbonyl (C=O) groups excluding carboxylic acids is 1. The zero-order chi connectivity index (χ0) is 12.8. The first-order valence-corrected chi connectivity index (χ1v) is 6.56. The lowest BCUT2D eigenvalue weighted by molar-refractivity contribution is -0.142. The molecule has 0 fully saturated rings. The average Bonchev–Trinajstić information content (AvgIpc) is 2.26. The summed E-state index contributed by atoms with van der Waals surface area (Å²) in [7, 11) is 0. The van der Waals surface area contributed by atoms with Crippen LogP contribution in [0.5, 0.6) is 0 Å². The van der Waals surface area contributed by atoms with E-state index in [0.717, 1.165) is 15.7 Å². The van der Waals surface area contributed by atoms with E-state index in [9.17, 15) is 4.79 Å². The summed E-state index contributed by atoms with van der Waals surface area (Å²) in [6, 6.07) is 3.78. The van der Waals surface area contributed by atoms with Crippen LogP contribution < -0.4 is 5.32 Å². The van der Waals surface area contributed by atoms with Crippen molar-refractivity contribution in [2.75, 3.05) is 18.5 Å². The van der Waals surface area contributed by atoms with Gasteiger partial charge in [0, 0.05) is 21.7 Å². The van der Waals surface area contributed by atoms with Gasteiger partial charge in [-0.2, -0.15) is 0 Å². The highest BCUT2D eigenvalue weighted by Gasteiger charge is 2.05. The maximum atomic E-state index is 11.1. The van der Waals surface area contributed by atoms with Crippen molar-refractivity contribution in [2.24, 2.45) is 0 Å². The minimum Gasteiger partial charge on any atom is -0.466 e. The summed E-state index contributed by atoms with van der Waals surface area (Å²) in [5, 5.41) is 3.84. The molecule has 1 N–H and O–H groups in total. The summed E-state index contributed by atoms with van der Waals surface area (Å²) < 4.78 is 5.77. The fraction of sp³-hybridized carbons (Fsp3) is 0.417. The van der Waals surface area contributed by atoms with Crippen LogP contribution in [0.1, 0.15) is 18.9 Å². The molecule has 0 aliphatic heterocycles. The Morgan fingerprint density at radius 1 is 1.53 bits per heavy atom. The van der Waals surface area contributed by atoms with Crippen molar-refractivity contribution < 1.29 is 9.53 Å². The van der Waals surface area contributed by atoms with Gasteiger partial charge in [0.25, 0.3) is 0 Å². The van der Waals surface area contributed by atoms with Gasteiger partial charge in [-0.15, -0.1) is 0 Å². The summed E-state index contributed by atoms with van der Waals surface area (Å²) >= 11 is 9.47. The molecule has 0 spiro atoms. The van der Waals surface area contributed by atoms with Crippen LogP contribution in [0.3, 0.4) is 0 Å². The number of rotatable bonds is 5. The Kier molecular flexibility index (Phi) is 5.78. The quantitative estimate of drug-likeness (QED) is 0.839. The SMILES string of the molecule is CCOC(=O)CCNc1cc(Cl)c(C)cc1Br. The molecule has 0 unspecified atom stereocenters. The number of nitrogens with one attached hydrogen (secondary N) is 1. The van der Waals surface area contributed by atoms with Crippen LogP contribution in [0.15, 0.2) is 16.6 Å². The standard InChI is InChI=1S/C12H15BrClNO2/c1-3-17-12(16)4-5-15-11-7-10(14)8(2)6-9(11)13/h6-7,15H,3-5H2,1-2H3. The van der Waals surface area contributed by atoms with Gasteiger partial charge in [-0.1, -0.05) is 11.6 Å². The predicted octanol–water partition coefficient (Wildman–Crippen LogP) is 3.78. The van der Waals surface area contributed by atoms with Crippen molar-refractivity contribution >= 4 is 39.2 Å². The molecule has 0 aliphatic carbocycles. The topological polar surface area (TPSA) is 38.3 Å². The lowest BCUT2D eigenvalue weighted by Gasteiger charge is -2.10. The molecule has 5 heteroatoms. The van der Waals surface area contributed by atoms with Gasteiger partial charge in [0.2, 0.25) is 0 Å². The predicted molar refractivity (Wildman–Crippen MR) is 73.6 cm³/mol. The number of benzene rings is 1. The number of aryl methyl sites for hydroxylation is 1. The fourth-order valence-electron chi connectivity index (χ4n) is 1.31. The lowest BCUT2D eigenvalue weighted by Crippen LogP contribution is -2.11. The fourth-order valence-corrected chi connectivity index (χ4v) is 2.08. The van der Waals surface area contributed by atoms with Gasteiger partial charge in [-0.05, 0) is 47.5 Å². The summed E-state index contributed by atoms with van der Waals surface area (Å²) in [4.78, 5) is 11.1. The Morgan fingerprint density at radius 2 is 2.24 bits per heavy atom. The van der Waals surface area contributed by atoms with Gasteiger partial charge in [0.15, 0.2) is 0 Å². The molecule has 0 atom stereocenters. The third-order valence-corrected chi connectivity index (χ3v) is 3.26. The van der Waals surface area contributed by atoms with Gasteiger partial charge in [0.1, 0.15) is 0 Å². The molecule has 0 bridgehead atoms. The molecule has 0 saturated carbocycles. The largest absolute Gasteiger partial charge is 0.466 e. The van der Waals surface area contributed by atoms with E-state index in [-0.39, 0.29) is 5.97 Å². The lowest BCUT2D eigenvalue weighted by atomic mass is 10.2. The number of ether oxygens (including phenoxy) is 1. The molecule has 0 saturated heterocycles. The highest BCUT2D eigenvalue weighted by atomic mass is 79.9. The van der Waals surface area contributed by atoms with Gasteiger partial charge < -0.3 is 10.1 Å². The van der Waals surface area contributed by atoms with Crippen LogP contribution >= 0.6 is 27.5 Å². The van der Waals surface area contributed by atoms with E-state index < -0.39 is 0 Å². The van der Waals surface area contributed by atoms with Crippen molar-refractivity contribution in [1.29, 1.82) is 0 Å². The van der Waals surface area contributed by atoms with E-state index in [2.05, 4.69) is 21.2 Å². The van der Waals surface area contributed by atoms with Crippen molar-refractivity contribution in [3.63, 3.8) is 0 Å². The minimum absolute atomic E-state index is 0.200. The molecular weight excluding hydrogens is 305 g/mol. The van der Waals surface area contributed by atoms with Crippen LogP contribution in [0.2, 0.25) is 5.02 Å². The zero-order valence-corrected chi connectivity index (χ0v) is 12.2. The number of esters is 1. The van der Waals surface area contributed by atoms with Gasteiger partial charge >= 0.3 is 5.97 Å². The molecule has 17 heavy (non-hydrogen) atoms. The molecule has 1 aromatic rings. The monoisotopic (exact) mass is 319 g/mol. The second-order valence-corrected chi connectivity index (χ2v) is 4.82. The number of anilines is 1. The highest BCUT2D eigenvalue weighted by molar-refractivity contribution is 9.10. The van der Waals surface area contributed by atoms with Crippen LogP contribution in [-0.2, 0) is 9.53 Å². The van der Waals surface area contributed by atoms with Crippen molar-refractivity contribution in [3.05, 3.63) is 27.2 Å². The van der Waals surface area contributed by atoms with E-state index in [1.165, 1.54) is 0 Å². The van der Waals surface area contributed by atoms with Crippen molar-refractivity contribution in [3.8, 4) is 0 Å². The molecular formula is C12H15BrClNO2. The number of carbonyl (C=O) groups is 1. The second-order valence-electron chi connectivity index (χ2n) is 3.56. The summed E-state index contributed by atoms with van der Waals surface area (Å²) in [5.41, 5.74) is 1.89. The summed E-state index contributed by atoms with van der Waals surface area (Å²) in [5.74, 6) is -0.200. The van der Waals surface area contributed by atoms with Crippen LogP contribution in [-0.4, -0.2) is 19.1 Å². The number of hydrogen-bond donors (Lipinski definition) is 1. The molecule has 0 amide bonds. The molecule has 1 rings (SSSR count). The number of halogens is 2. The maximum Gasteiger partial charge on any atom is 0.307 e. The first kappa shape index (κ1) is 14.3. The van der Waals surface area contributed by atoms with E-state index in [1.54, 1.807) is 6.92 Å². The summed E-state index contributed by atoms with van der Waals surface area (Å²) in [6.07, 6.45) is 0.339. The molecule has 3 nitrogen and oxygen atoms in total. The smallest absolute Gasteiger partial charge is 0.307 e. The Morgan fingerprint density at radius 3 is 2.88 bits per heavy atom. The van der Waals surface area contributed by atoms with Crippen LogP contribution in [0.4, 0.5) is 5.69 Å². The third kappa shape index (κ3) is 4.56. The number of hydrogen-bond acceptors (Lipinski definition) is 3. The molecule has 0 radical (unpaired) electrons. The van der Waals surface area contributed by atoms with E-state index >= 15 is 0 Å². The Hall–Kier alpha value is -0.740. The first-order valence-electron chi connectivity index (χ1n) is 5.39. The van der Waals surface area contributed by atoms with E-state index in [1.807, 2.05) is 19.1 Å². The Balaban J connectivity index is 2.52. The molecule has 94 valence electrons. The van der Waals surface area contributed by atoms with E-state index in [4.69, 9.17) is 16.3 Å². The molecule has 0 aliphatic rings. The van der Waals surface area contributed by atoms with Gasteiger partial charge in [-0.25, -0.2) is 0 Å². The van der Waals surface area contributed by atoms with Crippen LogP contribution in [0, 0.1) is 6.92 Å². The minimum atomic E-state index is -0.200. The summed E-state index contributed by atoms with van der Waals surface area (Å²) in [6.45, 7) is 4.67. The van der Waals surface area contributed by atoms with Gasteiger partial charge in [0.05, 0.1) is 13.0 Å². The molecule has 0 heterocycles. The third-order valence-electron chi connectivity index (χ3n) is 2.20. The average molecular weight is 321 g/mol. The Labute approximate surface area is 115 Å². The maximum absolute atomic E-state index is 11.1. The zero-order valence-electron chi connectivity index (χ0n) is 9.85. The second kappa shape index (κ2) is 6.87. The van der Waals surface area contributed by atoms with Crippen molar-refractivity contribution in [2.45, 2.75) is 20.3 Å². The Bertz CT molecular complexity index is 410. The molecule has 1 aromatic carbocycles. The van der Waals surface area contributed by atoms with Crippen LogP contribution in [0.25, 0.3) is 0 Å². The van der Waals surface area contributed by atoms with E-state index in [0.29, 0.717) is 24.6 Å². The highest BCUT2D eigenvalue weighted by Crippen LogP contribution is 2.28. The van der Waals surface area contributed by atoms with Gasteiger partial charge in [-0.3, -0.25) is 4.79 Å². The van der Waals surface area contributed by atoms with Crippen molar-refractivity contribution in [1.82, 2.24) is 0 Å². The molecule has 0 aromatic heterocycles. The normalized spacial score (nSPS) is 10.1.